The van der Waals surface area contributed by atoms with E-state index < -0.39 is 0 Å². The summed E-state index contributed by atoms with van der Waals surface area (Å²) in [5.74, 6) is 6.29. The Hall–Kier alpha value is -5.80. The van der Waals surface area contributed by atoms with Gasteiger partial charge in [-0.3, -0.25) is 9.88 Å². The molecule has 1 N–H and O–H groups in total. The van der Waals surface area contributed by atoms with Gasteiger partial charge >= 0.3 is 0 Å². The minimum absolute atomic E-state index is 0. The molecule has 0 bridgehead atoms. The zero-order chi connectivity index (χ0) is 46.1. The van der Waals surface area contributed by atoms with Gasteiger partial charge in [0.15, 0.2) is 11.5 Å². The molecule has 7 heterocycles. The molecule has 0 saturated carbocycles. The van der Waals surface area contributed by atoms with Crippen molar-refractivity contribution in [3.05, 3.63) is 126 Å². The summed E-state index contributed by atoms with van der Waals surface area (Å²) in [6.07, 6.45) is 2.25. The van der Waals surface area contributed by atoms with Crippen LogP contribution in [0.15, 0.2) is 115 Å². The van der Waals surface area contributed by atoms with Gasteiger partial charge in [-0.25, -0.2) is 15.0 Å². The van der Waals surface area contributed by atoms with Crippen molar-refractivity contribution in [2.24, 2.45) is 0 Å². The maximum absolute atomic E-state index is 6.46. The number of pyridine rings is 4. The van der Waals surface area contributed by atoms with Crippen LogP contribution in [0.25, 0.3) is 43.6 Å². The summed E-state index contributed by atoms with van der Waals surface area (Å²) >= 11 is 5.75. The van der Waals surface area contributed by atoms with Crippen molar-refractivity contribution in [1.29, 1.82) is 0 Å². The Labute approximate surface area is 433 Å². The largest absolute Gasteiger partial charge is 0.497 e. The minimum atomic E-state index is -0.00488. The fourth-order valence-electron chi connectivity index (χ4n) is 8.71. The fourth-order valence-corrected chi connectivity index (χ4v) is 8.86. The molecule has 0 unspecified atom stereocenters. The number of rotatable bonds is 7. The van der Waals surface area contributed by atoms with Crippen molar-refractivity contribution in [3.8, 4) is 28.7 Å². The number of nitrogens with one attached hydrogen (secondary N) is 1. The topological polar surface area (TPSA) is 119 Å². The average Bonchev–Trinajstić information content (AvgIpc) is 3.80. The number of hydrogen-bond donors (Lipinski definition) is 1. The zero-order valence-corrected chi connectivity index (χ0v) is 43.0. The quantitative estimate of drug-likeness (QED) is 0.153. The molecule has 8 aromatic rings. The van der Waals surface area contributed by atoms with Gasteiger partial charge in [0.1, 0.15) is 46.7 Å². The smallest absolute Gasteiger partial charge is 0.171 e. The lowest BCUT2D eigenvalue weighted by atomic mass is 10.1. The second-order valence-corrected chi connectivity index (χ2v) is 17.2. The Morgan fingerprint density at radius 3 is 1.77 bits per heavy atom. The lowest BCUT2D eigenvalue weighted by Gasteiger charge is -2.31. The van der Waals surface area contributed by atoms with Crippen LogP contribution < -0.4 is 38.8 Å². The number of nitrogens with zero attached hydrogens (tertiary/aromatic N) is 7. The van der Waals surface area contributed by atoms with E-state index in [-0.39, 0.29) is 43.3 Å². The fraction of sp³-hybridized carbons (Fsp3) is 0.321. The minimum Gasteiger partial charge on any atom is -0.497 e. The Morgan fingerprint density at radius 1 is 0.571 bits per heavy atom. The van der Waals surface area contributed by atoms with Crippen molar-refractivity contribution in [2.45, 2.75) is 25.9 Å². The molecule has 0 aliphatic carbocycles. The van der Waals surface area contributed by atoms with Crippen LogP contribution in [0.4, 0.5) is 11.6 Å². The van der Waals surface area contributed by atoms with Crippen LogP contribution in [0.3, 0.4) is 0 Å². The first kappa shape index (κ1) is 53.5. The molecule has 1 atom stereocenters. The Morgan fingerprint density at radius 2 is 1.14 bits per heavy atom. The van der Waals surface area contributed by atoms with Crippen LogP contribution in [0.5, 0.6) is 28.7 Å². The molecular formula is C53H60Cl4N8O5. The molecule has 4 aromatic heterocycles. The van der Waals surface area contributed by atoms with Crippen LogP contribution in [-0.4, -0.2) is 118 Å². The van der Waals surface area contributed by atoms with E-state index in [4.69, 9.17) is 45.3 Å². The summed E-state index contributed by atoms with van der Waals surface area (Å²) in [5.41, 5.74) is 4.84. The van der Waals surface area contributed by atoms with E-state index in [2.05, 4.69) is 60.3 Å². The molecule has 11 rings (SSSR count). The predicted molar refractivity (Wildman–Crippen MR) is 291 cm³/mol. The van der Waals surface area contributed by atoms with E-state index in [0.29, 0.717) is 11.8 Å². The number of fused-ring (bicyclic) bond motifs is 6. The highest BCUT2D eigenvalue weighted by atomic mass is 35.5. The number of benzene rings is 4. The number of aromatic nitrogens is 4. The predicted octanol–water partition coefficient (Wildman–Crippen LogP) is 10.7. The molecule has 70 heavy (non-hydrogen) atoms. The summed E-state index contributed by atoms with van der Waals surface area (Å²) in [5, 5.41) is 8.19. The highest BCUT2D eigenvalue weighted by molar-refractivity contribution is 6.29. The first-order chi connectivity index (χ1) is 32.8. The summed E-state index contributed by atoms with van der Waals surface area (Å²) in [6.45, 7) is 11.6. The molecule has 0 radical (unpaired) electrons. The van der Waals surface area contributed by atoms with E-state index in [0.717, 1.165) is 155 Å². The van der Waals surface area contributed by atoms with E-state index >= 15 is 0 Å². The SMILES string of the molecule is COc1ccc2nc(Cl)ccc2c1.COc1ccc2nc(N3CCCN(C[C@H]4COc5ccc6nc(C)ccc6c5O4)CC3)ccc2c1.COc1ccc2nc(N3CCCNCC3)ccc2c1.Cl.Cl.Cl. The van der Waals surface area contributed by atoms with Crippen LogP contribution in [0.1, 0.15) is 18.5 Å². The number of ether oxygens (including phenoxy) is 5. The normalized spacial score (nSPS) is 15.6. The third kappa shape index (κ3) is 13.1. The van der Waals surface area contributed by atoms with Crippen LogP contribution in [0, 0.1) is 6.92 Å². The van der Waals surface area contributed by atoms with Crippen molar-refractivity contribution in [3.63, 3.8) is 0 Å². The average molecular weight is 1030 g/mol. The Bertz CT molecular complexity index is 2980. The van der Waals surface area contributed by atoms with Gasteiger partial charge in [0.2, 0.25) is 0 Å². The number of hydrogen-bond acceptors (Lipinski definition) is 13. The van der Waals surface area contributed by atoms with Gasteiger partial charge < -0.3 is 38.8 Å². The maximum atomic E-state index is 6.46. The molecule has 3 aliphatic heterocycles. The molecule has 17 heteroatoms. The highest BCUT2D eigenvalue weighted by Crippen LogP contribution is 2.38. The summed E-state index contributed by atoms with van der Waals surface area (Å²) in [7, 11) is 5.02. The van der Waals surface area contributed by atoms with Crippen LogP contribution >= 0.6 is 48.8 Å². The van der Waals surface area contributed by atoms with Gasteiger partial charge in [-0.05, 0) is 142 Å². The van der Waals surface area contributed by atoms with Gasteiger partial charge in [-0.15, -0.1) is 37.2 Å². The lowest BCUT2D eigenvalue weighted by molar-refractivity contribution is 0.0622. The number of aryl methyl sites for hydroxylation is 1. The van der Waals surface area contributed by atoms with Gasteiger partial charge in [-0.1, -0.05) is 11.6 Å². The summed E-state index contributed by atoms with van der Waals surface area (Å²) in [4.78, 5) is 25.7. The van der Waals surface area contributed by atoms with Crippen LogP contribution in [0.2, 0.25) is 5.15 Å². The highest BCUT2D eigenvalue weighted by Gasteiger charge is 2.27. The second kappa shape index (κ2) is 25.4. The molecule has 370 valence electrons. The molecule has 2 fully saturated rings. The van der Waals surface area contributed by atoms with E-state index in [1.54, 1.807) is 27.4 Å². The van der Waals surface area contributed by atoms with Crippen molar-refractivity contribution in [1.82, 2.24) is 30.2 Å². The molecule has 13 nitrogen and oxygen atoms in total. The van der Waals surface area contributed by atoms with Gasteiger partial charge in [0.25, 0.3) is 0 Å². The summed E-state index contributed by atoms with van der Waals surface area (Å²) in [6, 6.07) is 38.0. The van der Waals surface area contributed by atoms with E-state index in [1.807, 2.05) is 85.8 Å². The van der Waals surface area contributed by atoms with Gasteiger partial charge in [0, 0.05) is 79.6 Å². The van der Waals surface area contributed by atoms with Crippen molar-refractivity contribution >= 4 is 104 Å². The molecular weight excluding hydrogens is 970 g/mol. The number of methoxy groups -OCH3 is 3. The molecule has 0 amide bonds. The number of halogens is 4. The van der Waals surface area contributed by atoms with E-state index in [1.165, 1.54) is 6.42 Å². The number of anilines is 2. The maximum Gasteiger partial charge on any atom is 0.171 e. The zero-order valence-electron chi connectivity index (χ0n) is 39.8. The first-order valence-corrected chi connectivity index (χ1v) is 23.3. The second-order valence-electron chi connectivity index (χ2n) is 16.8. The van der Waals surface area contributed by atoms with Gasteiger partial charge in [0.05, 0.1) is 43.4 Å². The van der Waals surface area contributed by atoms with Crippen molar-refractivity contribution in [2.75, 3.05) is 96.6 Å². The third-order valence-corrected chi connectivity index (χ3v) is 12.5. The molecule has 2 saturated heterocycles. The molecule has 0 spiro atoms. The van der Waals surface area contributed by atoms with Crippen molar-refractivity contribution < 1.29 is 23.7 Å². The standard InChI is InChI=1S/C28H30N4O3.C15H19N3O.C10H8ClNO.3ClH/c1-19-4-7-23-25(29-19)9-10-26-28(23)35-22(18-34-26)17-31-12-3-13-32(15-14-31)27-11-5-20-16-21(33-2)6-8-24(20)30-27;1-19-13-4-5-14-12(11-13)3-6-15(17-14)18-9-2-7-16-8-10-18;1-13-8-3-4-9-7(6-8)2-5-10(11)12-9;;;/h4-11,16,22H,3,12-15,17-18H2,1-2H3;3-6,11,16H,2,7-10H2,1H3;2-6H,1H3;3*1H/t22-;;;;;/m0...../s1. The van der Waals surface area contributed by atoms with Crippen LogP contribution in [-0.2, 0) is 0 Å². The van der Waals surface area contributed by atoms with Gasteiger partial charge in [-0.2, -0.15) is 0 Å². The summed E-state index contributed by atoms with van der Waals surface area (Å²) < 4.78 is 28.2. The van der Waals surface area contributed by atoms with E-state index in [9.17, 15) is 0 Å². The monoisotopic (exact) mass is 1030 g/mol. The molecule has 4 aromatic carbocycles. The third-order valence-electron chi connectivity index (χ3n) is 12.3. The first-order valence-electron chi connectivity index (χ1n) is 22.9. The molecule has 3 aliphatic rings. The lowest BCUT2D eigenvalue weighted by Crippen LogP contribution is -2.42. The Balaban J connectivity index is 0.000000193. The Kier molecular flexibility index (Phi) is 19.4.